The summed E-state index contributed by atoms with van der Waals surface area (Å²) in [5.74, 6) is 0.318. The molecule has 1 aliphatic rings. The van der Waals surface area contributed by atoms with Crippen LogP contribution in [0.5, 0.6) is 0 Å². The maximum atomic E-state index is 12.3. The summed E-state index contributed by atoms with van der Waals surface area (Å²) in [6, 6.07) is 18.2. The van der Waals surface area contributed by atoms with Crippen molar-refractivity contribution in [2.75, 3.05) is 49.7 Å². The van der Waals surface area contributed by atoms with E-state index in [4.69, 9.17) is 4.98 Å². The molecule has 1 unspecified atom stereocenters. The molecular weight excluding hydrogens is 476 g/mol. The number of rotatable bonds is 9. The zero-order valence-electron chi connectivity index (χ0n) is 21.6. The number of carbonyl (C=O) groups excluding carboxylic acids is 1. The second-order valence-corrected chi connectivity index (χ2v) is 9.56. The van der Waals surface area contributed by atoms with Crippen LogP contribution in [0.25, 0.3) is 22.2 Å². The van der Waals surface area contributed by atoms with Gasteiger partial charge in [0.1, 0.15) is 0 Å². The molecule has 5 rings (SSSR count). The molecule has 1 saturated heterocycles. The van der Waals surface area contributed by atoms with Crippen molar-refractivity contribution in [1.29, 1.82) is 0 Å². The Morgan fingerprint density at radius 1 is 1.08 bits per heavy atom. The lowest BCUT2D eigenvalue weighted by Crippen LogP contribution is -2.21. The topological polar surface area (TPSA) is 107 Å². The SMILES string of the molecule is CN(C)CC=CC(=O)Nc1ccnc(-c2cccc3cnc(Nc4ccc(NC5CCNC5)cc4)nc23)c1. The molecule has 9 nitrogen and oxygen atoms in total. The summed E-state index contributed by atoms with van der Waals surface area (Å²) in [5, 5.41) is 14.0. The van der Waals surface area contributed by atoms with Crippen LogP contribution in [0.1, 0.15) is 6.42 Å². The molecule has 1 amide bonds. The Morgan fingerprint density at radius 3 is 2.71 bits per heavy atom. The van der Waals surface area contributed by atoms with Crippen molar-refractivity contribution in [2.45, 2.75) is 12.5 Å². The van der Waals surface area contributed by atoms with Gasteiger partial charge in [-0.15, -0.1) is 0 Å². The van der Waals surface area contributed by atoms with Crippen LogP contribution in [0.2, 0.25) is 0 Å². The second kappa shape index (κ2) is 11.8. The van der Waals surface area contributed by atoms with Gasteiger partial charge in [-0.3, -0.25) is 9.78 Å². The molecule has 0 aliphatic carbocycles. The van der Waals surface area contributed by atoms with Gasteiger partial charge in [0.25, 0.3) is 0 Å². The van der Waals surface area contributed by atoms with E-state index in [9.17, 15) is 4.79 Å². The van der Waals surface area contributed by atoms with Gasteiger partial charge in [0, 0.05) is 65.6 Å². The fraction of sp³-hybridized carbons (Fsp3) is 0.241. The molecule has 2 aromatic heterocycles. The Labute approximate surface area is 222 Å². The van der Waals surface area contributed by atoms with E-state index >= 15 is 0 Å². The Hall–Kier alpha value is -4.34. The van der Waals surface area contributed by atoms with E-state index in [1.165, 1.54) is 6.08 Å². The van der Waals surface area contributed by atoms with E-state index < -0.39 is 0 Å². The van der Waals surface area contributed by atoms with Crippen molar-refractivity contribution >= 4 is 39.8 Å². The van der Waals surface area contributed by atoms with Crippen molar-refractivity contribution in [1.82, 2.24) is 25.2 Å². The fourth-order valence-electron chi connectivity index (χ4n) is 4.33. The standard InChI is InChI=1S/C29H32N8O/c1-37(2)16-4-7-27(38)34-23-13-15-31-26(17-23)25-6-3-5-20-18-32-29(36-28(20)25)35-22-10-8-21(9-11-22)33-24-12-14-30-19-24/h3-11,13,15,17-18,24,30,33H,12,14,16,19H2,1-2H3,(H,31,34,38)(H,32,35,36). The van der Waals surface area contributed by atoms with Gasteiger partial charge in [0.2, 0.25) is 11.9 Å². The fourth-order valence-corrected chi connectivity index (χ4v) is 4.33. The predicted octanol–water partition coefficient (Wildman–Crippen LogP) is 4.27. The smallest absolute Gasteiger partial charge is 0.248 e. The lowest BCUT2D eigenvalue weighted by atomic mass is 10.1. The van der Waals surface area contributed by atoms with Crippen LogP contribution in [-0.4, -0.2) is 65.5 Å². The zero-order valence-corrected chi connectivity index (χ0v) is 21.6. The zero-order chi connectivity index (χ0) is 26.3. The molecule has 38 heavy (non-hydrogen) atoms. The Bertz CT molecular complexity index is 1430. The van der Waals surface area contributed by atoms with E-state index in [0.717, 1.165) is 47.4 Å². The van der Waals surface area contributed by atoms with E-state index in [0.29, 0.717) is 29.9 Å². The van der Waals surface area contributed by atoms with Gasteiger partial charge >= 0.3 is 0 Å². The molecule has 194 valence electrons. The third kappa shape index (κ3) is 6.50. The number of pyridine rings is 1. The first kappa shape index (κ1) is 25.3. The summed E-state index contributed by atoms with van der Waals surface area (Å²) in [6.07, 6.45) is 7.98. The Morgan fingerprint density at radius 2 is 1.92 bits per heavy atom. The third-order valence-electron chi connectivity index (χ3n) is 6.23. The van der Waals surface area contributed by atoms with E-state index in [1.54, 1.807) is 18.5 Å². The Kier molecular flexibility index (Phi) is 7.86. The summed E-state index contributed by atoms with van der Waals surface area (Å²) in [7, 11) is 3.91. The largest absolute Gasteiger partial charge is 0.381 e. The highest BCUT2D eigenvalue weighted by Gasteiger charge is 2.14. The number of nitrogens with zero attached hydrogens (tertiary/aromatic N) is 4. The van der Waals surface area contributed by atoms with E-state index in [2.05, 4.69) is 43.4 Å². The van der Waals surface area contributed by atoms with Crippen molar-refractivity contribution in [3.63, 3.8) is 0 Å². The lowest BCUT2D eigenvalue weighted by Gasteiger charge is -2.13. The maximum absolute atomic E-state index is 12.3. The number of para-hydroxylation sites is 1. The van der Waals surface area contributed by atoms with Gasteiger partial charge in [0.15, 0.2) is 0 Å². The molecule has 1 atom stereocenters. The monoisotopic (exact) mass is 508 g/mol. The molecule has 0 bridgehead atoms. The third-order valence-corrected chi connectivity index (χ3v) is 6.23. The van der Waals surface area contributed by atoms with Crippen LogP contribution in [0.3, 0.4) is 0 Å². The summed E-state index contributed by atoms with van der Waals surface area (Å²) in [4.78, 5) is 28.2. The van der Waals surface area contributed by atoms with Crippen LogP contribution in [-0.2, 0) is 4.79 Å². The van der Waals surface area contributed by atoms with Gasteiger partial charge in [-0.1, -0.05) is 24.3 Å². The van der Waals surface area contributed by atoms with Crippen LogP contribution >= 0.6 is 0 Å². The minimum atomic E-state index is -0.183. The molecule has 4 aromatic rings. The lowest BCUT2D eigenvalue weighted by molar-refractivity contribution is -0.111. The summed E-state index contributed by atoms with van der Waals surface area (Å²) in [6.45, 7) is 2.74. The number of nitrogens with one attached hydrogen (secondary N) is 4. The first-order valence-corrected chi connectivity index (χ1v) is 12.7. The number of amides is 1. The van der Waals surface area contributed by atoms with Gasteiger partial charge in [-0.05, 0) is 63.5 Å². The first-order chi connectivity index (χ1) is 18.5. The maximum Gasteiger partial charge on any atom is 0.248 e. The van der Waals surface area contributed by atoms with Crippen LogP contribution in [0.4, 0.5) is 23.0 Å². The minimum absolute atomic E-state index is 0.183. The van der Waals surface area contributed by atoms with E-state index in [1.807, 2.05) is 61.5 Å². The predicted molar refractivity (Wildman–Crippen MR) is 154 cm³/mol. The van der Waals surface area contributed by atoms with Crippen molar-refractivity contribution < 1.29 is 4.79 Å². The van der Waals surface area contributed by atoms with E-state index in [-0.39, 0.29) is 5.91 Å². The van der Waals surface area contributed by atoms with Gasteiger partial charge < -0.3 is 26.2 Å². The second-order valence-electron chi connectivity index (χ2n) is 9.56. The number of carbonyl (C=O) groups is 1. The summed E-state index contributed by atoms with van der Waals surface area (Å²) in [5.41, 5.74) is 5.02. The number of hydrogen-bond acceptors (Lipinski definition) is 8. The van der Waals surface area contributed by atoms with Crippen LogP contribution < -0.4 is 21.3 Å². The summed E-state index contributed by atoms with van der Waals surface area (Å²) >= 11 is 0. The average molecular weight is 509 g/mol. The number of likely N-dealkylation sites (N-methyl/N-ethyl adjacent to an activating group) is 1. The normalized spacial score (nSPS) is 15.3. The number of fused-ring (bicyclic) bond motifs is 1. The number of anilines is 4. The quantitative estimate of drug-likeness (QED) is 0.249. The molecule has 1 aliphatic heterocycles. The number of hydrogen-bond donors (Lipinski definition) is 4. The number of aromatic nitrogens is 3. The van der Waals surface area contributed by atoms with Crippen molar-refractivity contribution in [3.8, 4) is 11.3 Å². The number of benzene rings is 2. The van der Waals surface area contributed by atoms with Crippen LogP contribution in [0.15, 0.2) is 79.1 Å². The molecule has 2 aromatic carbocycles. The molecular formula is C29H32N8O. The van der Waals surface area contributed by atoms with Crippen molar-refractivity contribution in [2.24, 2.45) is 0 Å². The highest BCUT2D eigenvalue weighted by atomic mass is 16.1. The molecule has 4 N–H and O–H groups in total. The molecule has 1 fully saturated rings. The first-order valence-electron chi connectivity index (χ1n) is 12.7. The summed E-state index contributed by atoms with van der Waals surface area (Å²) < 4.78 is 0. The Balaban J connectivity index is 1.33. The highest BCUT2D eigenvalue weighted by Crippen LogP contribution is 2.28. The molecule has 0 saturated carbocycles. The molecule has 9 heteroatoms. The molecule has 3 heterocycles. The van der Waals surface area contributed by atoms with Gasteiger partial charge in [-0.2, -0.15) is 0 Å². The van der Waals surface area contributed by atoms with Crippen molar-refractivity contribution in [3.05, 3.63) is 79.1 Å². The van der Waals surface area contributed by atoms with Gasteiger partial charge in [0.05, 0.1) is 11.2 Å². The molecule has 0 spiro atoms. The highest BCUT2D eigenvalue weighted by molar-refractivity contribution is 6.00. The van der Waals surface area contributed by atoms with Gasteiger partial charge in [-0.25, -0.2) is 9.97 Å². The minimum Gasteiger partial charge on any atom is -0.381 e. The van der Waals surface area contributed by atoms with Crippen LogP contribution in [0, 0.1) is 0 Å². The molecule has 0 radical (unpaired) electrons. The average Bonchev–Trinajstić information content (AvgIpc) is 3.42.